The van der Waals surface area contributed by atoms with Gasteiger partial charge in [-0.3, -0.25) is 9.69 Å². The zero-order chi connectivity index (χ0) is 14.8. The third kappa shape index (κ3) is 7.10. The highest BCUT2D eigenvalue weighted by Crippen LogP contribution is 2.01. The molecule has 0 aromatic heterocycles. The minimum absolute atomic E-state index is 0.0983. The van der Waals surface area contributed by atoms with Gasteiger partial charge in [0.1, 0.15) is 0 Å². The summed E-state index contributed by atoms with van der Waals surface area (Å²) in [6.45, 7) is 10.8. The van der Waals surface area contributed by atoms with E-state index in [1.807, 2.05) is 25.1 Å². The fourth-order valence-electron chi connectivity index (χ4n) is 2.09. The van der Waals surface area contributed by atoms with Crippen molar-refractivity contribution in [1.29, 1.82) is 0 Å². The molecule has 0 fully saturated rings. The van der Waals surface area contributed by atoms with Crippen LogP contribution in [0.2, 0.25) is 0 Å². The van der Waals surface area contributed by atoms with Crippen LogP contribution >= 0.6 is 0 Å². The quantitative estimate of drug-likeness (QED) is 0.554. The molecule has 1 amide bonds. The first-order valence-corrected chi connectivity index (χ1v) is 7.29. The number of rotatable bonds is 9. The molecule has 0 saturated carbocycles. The third-order valence-electron chi connectivity index (χ3n) is 3.12. The molecule has 0 radical (unpaired) electrons. The number of nitrogens with one attached hydrogen (secondary N) is 1. The summed E-state index contributed by atoms with van der Waals surface area (Å²) in [6.07, 6.45) is 1.98. The number of aryl methyl sites for hydroxylation is 1. The second-order valence-electron chi connectivity index (χ2n) is 5.20. The van der Waals surface area contributed by atoms with Crippen LogP contribution in [0.5, 0.6) is 0 Å². The maximum Gasteiger partial charge on any atom is 0.234 e. The summed E-state index contributed by atoms with van der Waals surface area (Å²) >= 11 is 0. The van der Waals surface area contributed by atoms with E-state index < -0.39 is 0 Å². The molecule has 0 aliphatic carbocycles. The molecule has 3 nitrogen and oxygen atoms in total. The van der Waals surface area contributed by atoms with Crippen molar-refractivity contribution >= 4 is 5.91 Å². The summed E-state index contributed by atoms with van der Waals surface area (Å²) in [5.41, 5.74) is 2.41. The predicted octanol–water partition coefficient (Wildman–Crippen LogP) is 2.63. The zero-order valence-corrected chi connectivity index (χ0v) is 12.7. The number of benzene rings is 1. The Labute approximate surface area is 122 Å². The molecule has 20 heavy (non-hydrogen) atoms. The molecule has 0 heterocycles. The summed E-state index contributed by atoms with van der Waals surface area (Å²) in [7, 11) is 0. The number of nitrogens with zero attached hydrogens (tertiary/aromatic N) is 1. The molecule has 0 aliphatic rings. The Hall–Kier alpha value is -1.61. The van der Waals surface area contributed by atoms with Gasteiger partial charge < -0.3 is 5.32 Å². The maximum absolute atomic E-state index is 11.8. The average molecular weight is 274 g/mol. The zero-order valence-electron chi connectivity index (χ0n) is 12.7. The van der Waals surface area contributed by atoms with Crippen LogP contribution < -0.4 is 5.32 Å². The minimum atomic E-state index is 0.0983. The molecule has 1 N–H and O–H groups in total. The highest BCUT2D eigenvalue weighted by molar-refractivity contribution is 5.78. The predicted molar refractivity (Wildman–Crippen MR) is 84.7 cm³/mol. The van der Waals surface area contributed by atoms with Crippen molar-refractivity contribution in [2.45, 2.75) is 26.7 Å². The minimum Gasteiger partial charge on any atom is -0.355 e. The monoisotopic (exact) mass is 274 g/mol. The lowest BCUT2D eigenvalue weighted by Crippen LogP contribution is -2.38. The van der Waals surface area contributed by atoms with E-state index in [9.17, 15) is 4.79 Å². The Morgan fingerprint density at radius 3 is 2.55 bits per heavy atom. The van der Waals surface area contributed by atoms with Crippen LogP contribution in [-0.4, -0.2) is 37.0 Å². The summed E-state index contributed by atoms with van der Waals surface area (Å²) in [5.74, 6) is 0.0983. The highest BCUT2D eigenvalue weighted by atomic mass is 16.2. The Bertz CT molecular complexity index is 414. The first-order chi connectivity index (χ1) is 9.61. The van der Waals surface area contributed by atoms with Gasteiger partial charge in [0.2, 0.25) is 5.91 Å². The summed E-state index contributed by atoms with van der Waals surface area (Å²) in [5, 5.41) is 2.98. The number of likely N-dealkylation sites (N-methyl/N-ethyl adjacent to an activating group) is 1. The second-order valence-corrected chi connectivity index (χ2v) is 5.20. The molecule has 0 unspecified atom stereocenters. The maximum atomic E-state index is 11.8. The standard InChI is InChI=1S/C17H26N2O/c1-4-19(13-15(2)3)14-17(20)18-12-8-11-16-9-6-5-7-10-16/h5-7,9-10H,2,4,8,11-14H2,1,3H3,(H,18,20). The lowest BCUT2D eigenvalue weighted by Gasteiger charge is -2.19. The number of carbonyl (C=O) groups excluding carboxylic acids is 1. The van der Waals surface area contributed by atoms with E-state index in [-0.39, 0.29) is 5.91 Å². The lowest BCUT2D eigenvalue weighted by atomic mass is 10.1. The Morgan fingerprint density at radius 1 is 1.25 bits per heavy atom. The normalized spacial score (nSPS) is 10.6. The van der Waals surface area contributed by atoms with E-state index in [2.05, 4.69) is 35.9 Å². The van der Waals surface area contributed by atoms with Gasteiger partial charge in [0, 0.05) is 13.1 Å². The number of hydrogen-bond acceptors (Lipinski definition) is 2. The molecule has 1 aromatic carbocycles. The SMILES string of the molecule is C=C(C)CN(CC)CC(=O)NCCCc1ccccc1. The van der Waals surface area contributed by atoms with Crippen LogP contribution in [0, 0.1) is 0 Å². The molecule has 0 aliphatic heterocycles. The van der Waals surface area contributed by atoms with Gasteiger partial charge in [-0.2, -0.15) is 0 Å². The largest absolute Gasteiger partial charge is 0.355 e. The molecule has 1 rings (SSSR count). The molecule has 0 bridgehead atoms. The Kier molecular flexibility index (Phi) is 7.66. The van der Waals surface area contributed by atoms with Crippen LogP contribution in [0.25, 0.3) is 0 Å². The van der Waals surface area contributed by atoms with E-state index in [4.69, 9.17) is 0 Å². The summed E-state index contributed by atoms with van der Waals surface area (Å²) in [4.78, 5) is 13.9. The Balaban J connectivity index is 2.18. The van der Waals surface area contributed by atoms with Gasteiger partial charge in [0.15, 0.2) is 0 Å². The molecular weight excluding hydrogens is 248 g/mol. The molecule has 1 aromatic rings. The van der Waals surface area contributed by atoms with Crippen molar-refractivity contribution in [2.24, 2.45) is 0 Å². The van der Waals surface area contributed by atoms with Crippen molar-refractivity contribution in [2.75, 3.05) is 26.2 Å². The van der Waals surface area contributed by atoms with Gasteiger partial charge >= 0.3 is 0 Å². The highest BCUT2D eigenvalue weighted by Gasteiger charge is 2.08. The topological polar surface area (TPSA) is 32.3 Å². The molecule has 0 atom stereocenters. The number of hydrogen-bond donors (Lipinski definition) is 1. The van der Waals surface area contributed by atoms with Gasteiger partial charge in [-0.05, 0) is 31.9 Å². The number of carbonyl (C=O) groups is 1. The molecule has 0 saturated heterocycles. The third-order valence-corrected chi connectivity index (χ3v) is 3.12. The smallest absolute Gasteiger partial charge is 0.234 e. The average Bonchev–Trinajstić information content (AvgIpc) is 2.43. The van der Waals surface area contributed by atoms with Crippen molar-refractivity contribution < 1.29 is 4.79 Å². The van der Waals surface area contributed by atoms with E-state index in [1.54, 1.807) is 0 Å². The summed E-state index contributed by atoms with van der Waals surface area (Å²) < 4.78 is 0. The van der Waals surface area contributed by atoms with Crippen LogP contribution in [0.15, 0.2) is 42.5 Å². The van der Waals surface area contributed by atoms with Gasteiger partial charge in [0.05, 0.1) is 6.54 Å². The van der Waals surface area contributed by atoms with Gasteiger partial charge in [-0.15, -0.1) is 0 Å². The van der Waals surface area contributed by atoms with E-state index in [0.29, 0.717) is 6.54 Å². The first-order valence-electron chi connectivity index (χ1n) is 7.29. The lowest BCUT2D eigenvalue weighted by molar-refractivity contribution is -0.122. The van der Waals surface area contributed by atoms with Crippen molar-refractivity contribution in [3.63, 3.8) is 0 Å². The molecule has 110 valence electrons. The van der Waals surface area contributed by atoms with Crippen molar-refractivity contribution in [1.82, 2.24) is 10.2 Å². The second kappa shape index (κ2) is 9.32. The molecule has 3 heteroatoms. The van der Waals surface area contributed by atoms with E-state index >= 15 is 0 Å². The van der Waals surface area contributed by atoms with Crippen LogP contribution in [0.3, 0.4) is 0 Å². The van der Waals surface area contributed by atoms with Crippen molar-refractivity contribution in [3.8, 4) is 0 Å². The first kappa shape index (κ1) is 16.4. The van der Waals surface area contributed by atoms with E-state index in [1.165, 1.54) is 5.56 Å². The fraction of sp³-hybridized carbons (Fsp3) is 0.471. The fourth-order valence-corrected chi connectivity index (χ4v) is 2.09. The van der Waals surface area contributed by atoms with Crippen LogP contribution in [-0.2, 0) is 11.2 Å². The number of amides is 1. The van der Waals surface area contributed by atoms with E-state index in [0.717, 1.165) is 38.0 Å². The van der Waals surface area contributed by atoms with Crippen LogP contribution in [0.1, 0.15) is 25.8 Å². The van der Waals surface area contributed by atoms with Gasteiger partial charge in [0.25, 0.3) is 0 Å². The Morgan fingerprint density at radius 2 is 1.95 bits per heavy atom. The van der Waals surface area contributed by atoms with Crippen molar-refractivity contribution in [3.05, 3.63) is 48.0 Å². The van der Waals surface area contributed by atoms with Crippen LogP contribution in [0.4, 0.5) is 0 Å². The molecular formula is C17H26N2O. The molecule has 0 spiro atoms. The summed E-state index contributed by atoms with van der Waals surface area (Å²) in [6, 6.07) is 10.3. The van der Waals surface area contributed by atoms with Gasteiger partial charge in [-0.25, -0.2) is 0 Å². The van der Waals surface area contributed by atoms with Gasteiger partial charge in [-0.1, -0.05) is 49.4 Å².